The highest BCUT2D eigenvalue weighted by Gasteiger charge is 2.23. The third kappa shape index (κ3) is 3.97. The predicted octanol–water partition coefficient (Wildman–Crippen LogP) is 3.60. The van der Waals surface area contributed by atoms with E-state index in [1.165, 1.54) is 6.26 Å². The lowest BCUT2D eigenvalue weighted by Crippen LogP contribution is -2.30. The zero-order valence-electron chi connectivity index (χ0n) is 14.2. The number of carbonyl (C=O) groups is 2. The molecule has 1 unspecified atom stereocenters. The molecule has 0 aliphatic rings. The molecule has 1 aromatic heterocycles. The average Bonchev–Trinajstić information content (AvgIpc) is 3.12. The Morgan fingerprint density at radius 3 is 2.50 bits per heavy atom. The number of carboxylic acid groups (broad SMARTS) is 1. The van der Waals surface area contributed by atoms with Gasteiger partial charge in [-0.1, -0.05) is 54.6 Å². The van der Waals surface area contributed by atoms with E-state index >= 15 is 0 Å². The van der Waals surface area contributed by atoms with Gasteiger partial charge in [0.25, 0.3) is 5.89 Å². The van der Waals surface area contributed by atoms with Crippen molar-refractivity contribution >= 4 is 11.9 Å². The zero-order chi connectivity index (χ0) is 18.5. The Balaban J connectivity index is 1.81. The Hall–Kier alpha value is -3.41. The molecule has 1 amide bonds. The van der Waals surface area contributed by atoms with E-state index in [0.29, 0.717) is 5.69 Å². The number of aromatic nitrogens is 1. The summed E-state index contributed by atoms with van der Waals surface area (Å²) in [5, 5.41) is 11.9. The summed E-state index contributed by atoms with van der Waals surface area (Å²) in [5.74, 6) is -1.66. The molecule has 3 rings (SSSR count). The van der Waals surface area contributed by atoms with E-state index in [2.05, 4.69) is 10.3 Å². The molecule has 26 heavy (non-hydrogen) atoms. The van der Waals surface area contributed by atoms with E-state index in [1.54, 1.807) is 6.07 Å². The summed E-state index contributed by atoms with van der Waals surface area (Å²) in [7, 11) is 0. The monoisotopic (exact) mass is 350 g/mol. The molecule has 0 saturated heterocycles. The van der Waals surface area contributed by atoms with Crippen LogP contribution < -0.4 is 5.32 Å². The SMILES string of the molecule is Cc1ccccc1C(CC(=O)O)NC(=O)c1nc(-c2ccccc2)co1. The van der Waals surface area contributed by atoms with Crippen molar-refractivity contribution in [1.29, 1.82) is 0 Å². The molecule has 1 atom stereocenters. The maximum atomic E-state index is 12.5. The molecule has 3 aromatic rings. The minimum atomic E-state index is -1.00. The summed E-state index contributed by atoms with van der Waals surface area (Å²) in [6.07, 6.45) is 1.17. The molecular weight excluding hydrogens is 332 g/mol. The minimum Gasteiger partial charge on any atom is -0.481 e. The van der Waals surface area contributed by atoms with Gasteiger partial charge in [-0.25, -0.2) is 4.98 Å². The number of nitrogens with zero attached hydrogens (tertiary/aromatic N) is 1. The quantitative estimate of drug-likeness (QED) is 0.709. The van der Waals surface area contributed by atoms with Gasteiger partial charge in [0.05, 0.1) is 12.5 Å². The molecule has 0 aliphatic carbocycles. The summed E-state index contributed by atoms with van der Waals surface area (Å²) < 4.78 is 5.28. The topological polar surface area (TPSA) is 92.4 Å². The fourth-order valence-corrected chi connectivity index (χ4v) is 2.73. The van der Waals surface area contributed by atoms with E-state index in [-0.39, 0.29) is 12.3 Å². The van der Waals surface area contributed by atoms with Crippen LogP contribution in [0.5, 0.6) is 0 Å². The maximum absolute atomic E-state index is 12.5. The minimum absolute atomic E-state index is 0.104. The number of carbonyl (C=O) groups excluding carboxylic acids is 1. The zero-order valence-corrected chi connectivity index (χ0v) is 14.2. The Kier molecular flexibility index (Phi) is 5.12. The van der Waals surface area contributed by atoms with Crippen LogP contribution in [-0.2, 0) is 4.79 Å². The van der Waals surface area contributed by atoms with Crippen molar-refractivity contribution in [2.45, 2.75) is 19.4 Å². The van der Waals surface area contributed by atoms with Crippen LogP contribution in [0.25, 0.3) is 11.3 Å². The van der Waals surface area contributed by atoms with Gasteiger partial charge in [-0.2, -0.15) is 0 Å². The van der Waals surface area contributed by atoms with Gasteiger partial charge in [-0.3, -0.25) is 9.59 Å². The fourth-order valence-electron chi connectivity index (χ4n) is 2.73. The van der Waals surface area contributed by atoms with Gasteiger partial charge in [0.2, 0.25) is 0 Å². The molecule has 1 heterocycles. The summed E-state index contributed by atoms with van der Waals surface area (Å²) in [4.78, 5) is 27.9. The molecule has 2 N–H and O–H groups in total. The number of aryl methyl sites for hydroxylation is 1. The predicted molar refractivity (Wildman–Crippen MR) is 95.6 cm³/mol. The van der Waals surface area contributed by atoms with Gasteiger partial charge < -0.3 is 14.8 Å². The van der Waals surface area contributed by atoms with Gasteiger partial charge in [0, 0.05) is 5.56 Å². The maximum Gasteiger partial charge on any atom is 0.307 e. The third-order valence-corrected chi connectivity index (χ3v) is 4.02. The number of hydrogen-bond donors (Lipinski definition) is 2. The second-order valence-corrected chi connectivity index (χ2v) is 5.88. The molecule has 6 nitrogen and oxygen atoms in total. The van der Waals surface area contributed by atoms with Crippen molar-refractivity contribution in [2.75, 3.05) is 0 Å². The van der Waals surface area contributed by atoms with Crippen LogP contribution in [0.2, 0.25) is 0 Å². The average molecular weight is 350 g/mol. The van der Waals surface area contributed by atoms with Crippen molar-refractivity contribution in [3.8, 4) is 11.3 Å². The number of hydrogen-bond acceptors (Lipinski definition) is 4. The van der Waals surface area contributed by atoms with E-state index in [4.69, 9.17) is 4.42 Å². The van der Waals surface area contributed by atoms with Crippen molar-refractivity contribution in [2.24, 2.45) is 0 Å². The first-order valence-electron chi connectivity index (χ1n) is 8.13. The van der Waals surface area contributed by atoms with Gasteiger partial charge in [0.1, 0.15) is 12.0 Å². The van der Waals surface area contributed by atoms with E-state index in [9.17, 15) is 14.7 Å². The van der Waals surface area contributed by atoms with Crippen molar-refractivity contribution in [3.63, 3.8) is 0 Å². The molecule has 0 bridgehead atoms. The lowest BCUT2D eigenvalue weighted by atomic mass is 9.99. The van der Waals surface area contributed by atoms with Crippen molar-refractivity contribution in [3.05, 3.63) is 77.9 Å². The molecule has 0 spiro atoms. The number of oxazole rings is 1. The molecule has 0 aliphatic heterocycles. The molecule has 2 aromatic carbocycles. The van der Waals surface area contributed by atoms with Crippen LogP contribution in [0.3, 0.4) is 0 Å². The second-order valence-electron chi connectivity index (χ2n) is 5.88. The van der Waals surface area contributed by atoms with Gasteiger partial charge in [-0.05, 0) is 18.1 Å². The Morgan fingerprint density at radius 2 is 1.81 bits per heavy atom. The van der Waals surface area contributed by atoms with Crippen molar-refractivity contribution in [1.82, 2.24) is 10.3 Å². The molecule has 0 saturated carbocycles. The first-order chi connectivity index (χ1) is 12.5. The lowest BCUT2D eigenvalue weighted by Gasteiger charge is -2.18. The fraction of sp³-hybridized carbons (Fsp3) is 0.150. The van der Waals surface area contributed by atoms with Gasteiger partial charge in [-0.15, -0.1) is 0 Å². The largest absolute Gasteiger partial charge is 0.481 e. The highest BCUT2D eigenvalue weighted by atomic mass is 16.4. The van der Waals surface area contributed by atoms with Crippen LogP contribution in [0, 0.1) is 6.92 Å². The Bertz CT molecular complexity index is 918. The second kappa shape index (κ2) is 7.65. The van der Waals surface area contributed by atoms with E-state index in [1.807, 2.05) is 55.5 Å². The van der Waals surface area contributed by atoms with E-state index in [0.717, 1.165) is 16.7 Å². The summed E-state index contributed by atoms with van der Waals surface area (Å²) in [6.45, 7) is 1.87. The van der Waals surface area contributed by atoms with Crippen LogP contribution in [-0.4, -0.2) is 22.0 Å². The highest BCUT2D eigenvalue weighted by molar-refractivity contribution is 5.91. The van der Waals surface area contributed by atoms with Crippen LogP contribution in [0.4, 0.5) is 0 Å². The summed E-state index contributed by atoms with van der Waals surface area (Å²) in [6, 6.07) is 16.0. The van der Waals surface area contributed by atoms with Crippen LogP contribution >= 0.6 is 0 Å². The molecule has 132 valence electrons. The van der Waals surface area contributed by atoms with Gasteiger partial charge in [0.15, 0.2) is 0 Å². The number of amides is 1. The lowest BCUT2D eigenvalue weighted by molar-refractivity contribution is -0.137. The van der Waals surface area contributed by atoms with E-state index < -0.39 is 17.9 Å². The Morgan fingerprint density at radius 1 is 1.12 bits per heavy atom. The molecule has 0 fully saturated rings. The number of carboxylic acids is 1. The number of benzene rings is 2. The normalized spacial score (nSPS) is 11.7. The third-order valence-electron chi connectivity index (χ3n) is 4.02. The van der Waals surface area contributed by atoms with Crippen LogP contribution in [0.15, 0.2) is 65.3 Å². The number of aliphatic carboxylic acids is 1. The number of nitrogens with one attached hydrogen (secondary N) is 1. The first-order valence-corrected chi connectivity index (χ1v) is 8.13. The number of rotatable bonds is 6. The smallest absolute Gasteiger partial charge is 0.307 e. The molecular formula is C20H18N2O4. The molecule has 0 radical (unpaired) electrons. The summed E-state index contributed by atoms with van der Waals surface area (Å²) >= 11 is 0. The highest BCUT2D eigenvalue weighted by Crippen LogP contribution is 2.22. The first kappa shape index (κ1) is 17.4. The van der Waals surface area contributed by atoms with Crippen LogP contribution in [0.1, 0.15) is 34.3 Å². The summed E-state index contributed by atoms with van der Waals surface area (Å²) in [5.41, 5.74) is 3.02. The Labute approximate surface area is 150 Å². The van der Waals surface area contributed by atoms with Crippen molar-refractivity contribution < 1.29 is 19.1 Å². The molecule has 6 heteroatoms. The van der Waals surface area contributed by atoms with Gasteiger partial charge >= 0.3 is 11.9 Å². The standard InChI is InChI=1S/C20H18N2O4/c1-13-7-5-6-10-15(13)16(11-18(23)24)21-19(25)20-22-17(12-26-20)14-8-3-2-4-9-14/h2-10,12,16H,11H2,1H3,(H,21,25)(H,23,24).